The van der Waals surface area contributed by atoms with E-state index in [1.807, 2.05) is 12.1 Å². The Morgan fingerprint density at radius 3 is 2.50 bits per heavy atom. The zero-order chi connectivity index (χ0) is 16.8. The lowest BCUT2D eigenvalue weighted by Gasteiger charge is -2.08. The maximum Gasteiger partial charge on any atom is 0.244 e. The summed E-state index contributed by atoms with van der Waals surface area (Å²) in [7, 11) is 0. The summed E-state index contributed by atoms with van der Waals surface area (Å²) in [5.41, 5.74) is 3.82. The summed E-state index contributed by atoms with van der Waals surface area (Å²) in [4.78, 5) is 4.38. The molecule has 2 aromatic carbocycles. The lowest BCUT2D eigenvalue weighted by molar-refractivity contribution is 0.948. The first-order valence-electron chi connectivity index (χ1n) is 7.49. The summed E-state index contributed by atoms with van der Waals surface area (Å²) < 4.78 is 0. The Morgan fingerprint density at radius 1 is 1.04 bits per heavy atom. The molecule has 0 aliphatic carbocycles. The molecule has 118 valence electrons. The van der Waals surface area contributed by atoms with Crippen LogP contribution in [0.4, 0.5) is 17.5 Å². The first-order valence-corrected chi connectivity index (χ1v) is 7.49. The molecule has 0 saturated heterocycles. The Balaban J connectivity index is 1.65. The number of hydrogen-bond donors (Lipinski definition) is 2. The van der Waals surface area contributed by atoms with Crippen LogP contribution in [0.2, 0.25) is 0 Å². The molecule has 0 radical (unpaired) electrons. The van der Waals surface area contributed by atoms with Gasteiger partial charge in [-0.3, -0.25) is 0 Å². The van der Waals surface area contributed by atoms with Crippen molar-refractivity contribution in [1.29, 1.82) is 5.26 Å². The number of rotatable bonds is 5. The van der Waals surface area contributed by atoms with Gasteiger partial charge in [-0.25, -0.2) is 0 Å². The van der Waals surface area contributed by atoms with E-state index in [9.17, 15) is 0 Å². The molecule has 0 saturated carbocycles. The number of aromatic nitrogens is 3. The van der Waals surface area contributed by atoms with Crippen LogP contribution in [0.25, 0.3) is 0 Å². The van der Waals surface area contributed by atoms with Gasteiger partial charge < -0.3 is 10.6 Å². The number of hydrogen-bond acceptors (Lipinski definition) is 6. The molecule has 0 fully saturated rings. The van der Waals surface area contributed by atoms with Gasteiger partial charge in [0.1, 0.15) is 0 Å². The van der Waals surface area contributed by atoms with Crippen LogP contribution in [0, 0.1) is 18.3 Å². The van der Waals surface area contributed by atoms with E-state index in [0.717, 1.165) is 11.3 Å². The van der Waals surface area contributed by atoms with Gasteiger partial charge in [0.15, 0.2) is 5.82 Å². The zero-order valence-electron chi connectivity index (χ0n) is 13.2. The van der Waals surface area contributed by atoms with Crippen molar-refractivity contribution in [1.82, 2.24) is 15.2 Å². The van der Waals surface area contributed by atoms with E-state index in [-0.39, 0.29) is 0 Å². The van der Waals surface area contributed by atoms with E-state index in [4.69, 9.17) is 5.26 Å². The molecule has 6 heteroatoms. The number of benzene rings is 2. The summed E-state index contributed by atoms with van der Waals surface area (Å²) in [6.07, 6.45) is 1.55. The van der Waals surface area contributed by atoms with Crippen LogP contribution in [-0.4, -0.2) is 15.2 Å². The Hall–Kier alpha value is -3.46. The minimum Gasteiger partial charge on any atom is -0.349 e. The normalized spacial score (nSPS) is 10.0. The predicted molar refractivity (Wildman–Crippen MR) is 92.8 cm³/mol. The van der Waals surface area contributed by atoms with Crippen molar-refractivity contribution in [2.75, 3.05) is 10.6 Å². The van der Waals surface area contributed by atoms with Crippen molar-refractivity contribution < 1.29 is 0 Å². The molecule has 24 heavy (non-hydrogen) atoms. The molecule has 0 atom stereocenters. The first kappa shape index (κ1) is 15.4. The SMILES string of the molecule is Cc1ccc(CNc2nncc(Nc3ccc(C#N)cc3)n2)cc1. The van der Waals surface area contributed by atoms with Crippen molar-refractivity contribution in [3.8, 4) is 6.07 Å². The van der Waals surface area contributed by atoms with Crippen LogP contribution in [-0.2, 0) is 6.54 Å². The van der Waals surface area contributed by atoms with E-state index in [0.29, 0.717) is 23.9 Å². The summed E-state index contributed by atoms with van der Waals surface area (Å²) in [5, 5.41) is 23.0. The van der Waals surface area contributed by atoms with Crippen molar-refractivity contribution in [2.24, 2.45) is 0 Å². The molecule has 0 unspecified atom stereocenters. The molecule has 0 aliphatic heterocycles. The predicted octanol–water partition coefficient (Wildman–Crippen LogP) is 3.41. The quantitative estimate of drug-likeness (QED) is 0.750. The van der Waals surface area contributed by atoms with Crippen molar-refractivity contribution in [2.45, 2.75) is 13.5 Å². The Bertz CT molecular complexity index is 850. The number of nitrogens with one attached hydrogen (secondary N) is 2. The van der Waals surface area contributed by atoms with E-state index in [1.54, 1.807) is 18.3 Å². The van der Waals surface area contributed by atoms with Crippen LogP contribution < -0.4 is 10.6 Å². The molecular weight excluding hydrogens is 300 g/mol. The number of nitriles is 1. The van der Waals surface area contributed by atoms with Crippen LogP contribution in [0.3, 0.4) is 0 Å². The van der Waals surface area contributed by atoms with Crippen LogP contribution in [0.15, 0.2) is 54.7 Å². The van der Waals surface area contributed by atoms with Gasteiger partial charge in [-0.1, -0.05) is 29.8 Å². The standard InChI is InChI=1S/C18H16N6/c1-13-2-4-15(5-3-13)11-20-18-23-17(12-21-24-18)22-16-8-6-14(10-19)7-9-16/h2-9,12H,11H2,1H3,(H2,20,22,23,24). The second-order valence-electron chi connectivity index (χ2n) is 5.32. The highest BCUT2D eigenvalue weighted by atomic mass is 15.3. The lowest BCUT2D eigenvalue weighted by Crippen LogP contribution is -2.06. The second kappa shape index (κ2) is 7.20. The third-order valence-corrected chi connectivity index (χ3v) is 3.42. The maximum absolute atomic E-state index is 8.81. The van der Waals surface area contributed by atoms with Crippen LogP contribution in [0.5, 0.6) is 0 Å². The molecule has 2 N–H and O–H groups in total. The van der Waals surface area contributed by atoms with E-state index >= 15 is 0 Å². The van der Waals surface area contributed by atoms with Crippen LogP contribution >= 0.6 is 0 Å². The molecule has 0 amide bonds. The fraction of sp³-hybridized carbons (Fsp3) is 0.111. The summed E-state index contributed by atoms with van der Waals surface area (Å²) in [5.74, 6) is 1.04. The number of nitrogens with zero attached hydrogens (tertiary/aromatic N) is 4. The lowest BCUT2D eigenvalue weighted by atomic mass is 10.1. The highest BCUT2D eigenvalue weighted by Gasteiger charge is 2.02. The topological polar surface area (TPSA) is 86.5 Å². The third-order valence-electron chi connectivity index (χ3n) is 3.42. The summed E-state index contributed by atoms with van der Waals surface area (Å²) in [6.45, 7) is 2.69. The number of anilines is 3. The third kappa shape index (κ3) is 4.05. The molecule has 0 aliphatic rings. The molecule has 1 aromatic heterocycles. The minimum absolute atomic E-state index is 0.453. The summed E-state index contributed by atoms with van der Waals surface area (Å²) in [6, 6.07) is 17.5. The van der Waals surface area contributed by atoms with Crippen molar-refractivity contribution >= 4 is 17.5 Å². The molecule has 0 spiro atoms. The maximum atomic E-state index is 8.81. The van der Waals surface area contributed by atoms with Gasteiger partial charge in [0, 0.05) is 12.2 Å². The Morgan fingerprint density at radius 2 is 1.79 bits per heavy atom. The van der Waals surface area contributed by atoms with E-state index in [1.165, 1.54) is 5.56 Å². The van der Waals surface area contributed by atoms with Gasteiger partial charge in [0.05, 0.1) is 17.8 Å². The summed E-state index contributed by atoms with van der Waals surface area (Å²) >= 11 is 0. The monoisotopic (exact) mass is 316 g/mol. The van der Waals surface area contributed by atoms with Gasteiger partial charge in [0.2, 0.25) is 5.95 Å². The minimum atomic E-state index is 0.453. The molecule has 1 heterocycles. The van der Waals surface area contributed by atoms with Gasteiger partial charge in [0.25, 0.3) is 0 Å². The highest BCUT2D eigenvalue weighted by molar-refractivity contribution is 5.57. The van der Waals surface area contributed by atoms with E-state index < -0.39 is 0 Å². The molecular formula is C18H16N6. The van der Waals surface area contributed by atoms with Crippen molar-refractivity contribution in [3.05, 3.63) is 71.4 Å². The average molecular weight is 316 g/mol. The fourth-order valence-electron chi connectivity index (χ4n) is 2.10. The molecule has 3 aromatic rings. The average Bonchev–Trinajstić information content (AvgIpc) is 2.62. The Labute approximate surface area is 140 Å². The van der Waals surface area contributed by atoms with Crippen molar-refractivity contribution in [3.63, 3.8) is 0 Å². The van der Waals surface area contributed by atoms with Gasteiger partial charge in [-0.15, -0.1) is 5.10 Å². The number of aryl methyl sites for hydroxylation is 1. The molecule has 3 rings (SSSR count). The Kier molecular flexibility index (Phi) is 4.63. The van der Waals surface area contributed by atoms with E-state index in [2.05, 4.69) is 63.1 Å². The second-order valence-corrected chi connectivity index (χ2v) is 5.32. The largest absolute Gasteiger partial charge is 0.349 e. The molecule has 0 bridgehead atoms. The smallest absolute Gasteiger partial charge is 0.244 e. The van der Waals surface area contributed by atoms with Gasteiger partial charge in [-0.2, -0.15) is 15.3 Å². The van der Waals surface area contributed by atoms with Crippen LogP contribution in [0.1, 0.15) is 16.7 Å². The first-order chi connectivity index (χ1) is 11.7. The fourth-order valence-corrected chi connectivity index (χ4v) is 2.10. The van der Waals surface area contributed by atoms with Gasteiger partial charge in [-0.05, 0) is 36.8 Å². The highest BCUT2D eigenvalue weighted by Crippen LogP contribution is 2.15. The van der Waals surface area contributed by atoms with Gasteiger partial charge >= 0.3 is 0 Å². The molecule has 6 nitrogen and oxygen atoms in total. The zero-order valence-corrected chi connectivity index (χ0v) is 13.2.